The summed E-state index contributed by atoms with van der Waals surface area (Å²) in [5.41, 5.74) is 7.42. The van der Waals surface area contributed by atoms with E-state index in [-0.39, 0.29) is 95.3 Å². The van der Waals surface area contributed by atoms with Crippen molar-refractivity contribution >= 4 is 105 Å². The van der Waals surface area contributed by atoms with E-state index >= 15 is 0 Å². The summed E-state index contributed by atoms with van der Waals surface area (Å²) >= 11 is 0. The number of amides is 12. The Morgan fingerprint density at radius 3 is 0.516 bits per heavy atom. The van der Waals surface area contributed by atoms with Crippen LogP contribution in [0.4, 0.5) is 34.1 Å². The molecule has 6 aliphatic heterocycles. The first-order chi connectivity index (χ1) is 60.4. The maximum atomic E-state index is 14.0. The van der Waals surface area contributed by atoms with Gasteiger partial charge in [0.2, 0.25) is 0 Å². The zero-order chi connectivity index (χ0) is 84.7. The highest BCUT2D eigenvalue weighted by molar-refractivity contribution is 6.39. The van der Waals surface area contributed by atoms with Gasteiger partial charge < -0.3 is 18.9 Å². The maximum Gasteiger partial charge on any atom is 0.266 e. The molecule has 0 bridgehead atoms. The molecule has 0 unspecified atom stereocenters. The van der Waals surface area contributed by atoms with Crippen LogP contribution in [0.15, 0.2) is 315 Å². The van der Waals surface area contributed by atoms with Gasteiger partial charge in [-0.05, 0) is 279 Å². The predicted octanol–water partition coefficient (Wildman–Crippen LogP) is 17.9. The molecule has 22 heteroatoms. The molecule has 22 nitrogen and oxygen atoms in total. The lowest BCUT2D eigenvalue weighted by Crippen LogP contribution is -2.29. The first kappa shape index (κ1) is 74.6. The Labute approximate surface area is 704 Å². The molecule has 12 amide bonds. The highest BCUT2D eigenvalue weighted by atomic mass is 16.5. The number of imide groups is 6. The topological polar surface area (TPSA) is 261 Å². The highest BCUT2D eigenvalue weighted by Gasteiger charge is 2.43. The van der Waals surface area contributed by atoms with E-state index in [1.807, 2.05) is 60.7 Å². The number of hydrogen-bond donors (Lipinski definition) is 0. The van der Waals surface area contributed by atoms with Crippen LogP contribution in [-0.2, 0) is 0 Å². The van der Waals surface area contributed by atoms with Gasteiger partial charge in [0, 0.05) is 33.4 Å². The van der Waals surface area contributed by atoms with Crippen molar-refractivity contribution in [3.8, 4) is 81.5 Å². The van der Waals surface area contributed by atoms with E-state index in [2.05, 4.69) is 35.5 Å². The van der Waals surface area contributed by atoms with Crippen molar-refractivity contribution in [3.63, 3.8) is 0 Å². The molecule has 6 aliphatic rings. The van der Waals surface area contributed by atoms with Crippen molar-refractivity contribution in [2.45, 2.75) is 0 Å². The van der Waals surface area contributed by atoms with Gasteiger partial charge in [-0.1, -0.05) is 71.9 Å². The van der Waals surface area contributed by atoms with Gasteiger partial charge in [-0.3, -0.25) is 57.5 Å². The number of fused-ring (bicyclic) bond motifs is 6. The first-order valence-electron chi connectivity index (χ1n) is 38.5. The standard InChI is InChI=1S/C102H52N6O16/c109-91-79-47-17-61(13-11-59-7-3-1-4-8-59)53-85(79)97(115)103(91)65-21-33-71(34-22-65)121-72-37-25-67(26-38-72)105-93(111)81-49-19-63(55-87(81)99(105)117)15-16-64-20-50-82-88(56-64)100(118)106(94(82)112)68-27-39-74(40-28-68)123-76-43-31-70(32-44-76)108-96(114)84-52-46-78(58-90(84)102(108)120)124-77-45-51-83-89(57-77)101(119)107(95(83)113)69-29-41-75(42-30-69)122-73-35-23-66(24-36-73)104-92(110)80-48-18-62(54-86(80)98(104)116)14-12-60-9-5-2-6-10-60/h1-10,17-58H. The zero-order valence-electron chi connectivity index (χ0n) is 64.2. The van der Waals surface area contributed by atoms with Gasteiger partial charge in [0.25, 0.3) is 70.9 Å². The molecule has 0 saturated carbocycles. The van der Waals surface area contributed by atoms with Gasteiger partial charge in [0.15, 0.2) is 0 Å². The second-order valence-corrected chi connectivity index (χ2v) is 29.0. The first-order valence-corrected chi connectivity index (χ1v) is 38.5. The van der Waals surface area contributed by atoms with Crippen LogP contribution in [0.2, 0.25) is 0 Å². The third-order valence-electron chi connectivity index (χ3n) is 21.4. The minimum absolute atomic E-state index is 0.0616. The quantitative estimate of drug-likeness (QED) is 0.0723. The Morgan fingerprint density at radius 2 is 0.306 bits per heavy atom. The Balaban J connectivity index is 0.426. The molecule has 586 valence electrons. The largest absolute Gasteiger partial charge is 0.457 e. The van der Waals surface area contributed by atoms with E-state index in [1.165, 1.54) is 72.8 Å². The summed E-state index contributed by atoms with van der Waals surface area (Å²) in [5, 5.41) is 0. The van der Waals surface area contributed by atoms with Crippen LogP contribution in [-0.4, -0.2) is 70.9 Å². The van der Waals surface area contributed by atoms with Crippen molar-refractivity contribution in [1.29, 1.82) is 0 Å². The van der Waals surface area contributed by atoms with Gasteiger partial charge >= 0.3 is 0 Å². The second kappa shape index (κ2) is 30.1. The SMILES string of the molecule is O=C1c2ccc(C#Cc3ccccc3)cc2C(=O)N1c1ccc(Oc2ccc(N3C(=O)c4ccc(C#Cc5ccc6c(c5)C(=O)N(c5ccc(Oc7ccc(N8C(=O)c9ccc(Oc%10ccc%11c(c%10)C(=O)N(c%10ccc(Oc%12ccc(N%13C(=O)c%14ccc(C#Cc%15ccccc%15)cc%14C%13=O)cc%12)cc%10)C%11=O)cc9C8=O)cc7)cc5)C6=O)cc4C3=O)cc2)cc1. The molecule has 0 spiro atoms. The monoisotopic (exact) mass is 1620 g/mol. The molecule has 124 heavy (non-hydrogen) atoms. The van der Waals surface area contributed by atoms with Crippen LogP contribution in [0.1, 0.15) is 158 Å². The average Bonchev–Trinajstić information content (AvgIpc) is 1.63. The molecule has 20 rings (SSSR count). The molecular weight excluding hydrogens is 1570 g/mol. The molecule has 0 fully saturated rings. The third kappa shape index (κ3) is 13.3. The fraction of sp³-hybridized carbons (Fsp3) is 0. The van der Waals surface area contributed by atoms with Gasteiger partial charge in [0.1, 0.15) is 46.0 Å². The summed E-state index contributed by atoms with van der Waals surface area (Å²) in [5.74, 6) is 14.3. The molecule has 14 aromatic rings. The van der Waals surface area contributed by atoms with E-state index in [4.69, 9.17) is 18.9 Å². The van der Waals surface area contributed by atoms with Gasteiger partial charge in [-0.2, -0.15) is 0 Å². The fourth-order valence-electron chi connectivity index (χ4n) is 15.2. The summed E-state index contributed by atoms with van der Waals surface area (Å²) in [4.78, 5) is 171. The van der Waals surface area contributed by atoms with Crippen molar-refractivity contribution in [1.82, 2.24) is 0 Å². The summed E-state index contributed by atoms with van der Waals surface area (Å²) < 4.78 is 24.4. The van der Waals surface area contributed by atoms with Crippen LogP contribution >= 0.6 is 0 Å². The lowest BCUT2D eigenvalue weighted by Gasteiger charge is -2.16. The third-order valence-corrected chi connectivity index (χ3v) is 21.4. The van der Waals surface area contributed by atoms with Crippen molar-refractivity contribution in [3.05, 3.63) is 416 Å². The number of hydrogen-bond acceptors (Lipinski definition) is 16. The molecule has 0 atom stereocenters. The smallest absolute Gasteiger partial charge is 0.266 e. The lowest BCUT2D eigenvalue weighted by molar-refractivity contribution is 0.0910. The van der Waals surface area contributed by atoms with Crippen LogP contribution in [0, 0.1) is 35.5 Å². The molecule has 0 radical (unpaired) electrons. The number of benzene rings is 14. The van der Waals surface area contributed by atoms with Crippen molar-refractivity contribution in [2.75, 3.05) is 29.4 Å². The lowest BCUT2D eigenvalue weighted by atomic mass is 10.0. The van der Waals surface area contributed by atoms with E-state index in [1.54, 1.807) is 182 Å². The number of ether oxygens (including phenoxy) is 4. The predicted molar refractivity (Wildman–Crippen MR) is 455 cm³/mol. The van der Waals surface area contributed by atoms with Crippen LogP contribution < -0.4 is 48.3 Å². The summed E-state index contributed by atoms with van der Waals surface area (Å²) in [6, 6.07) is 84.7. The molecule has 0 aliphatic carbocycles. The van der Waals surface area contributed by atoms with E-state index < -0.39 is 70.9 Å². The number of anilines is 6. The summed E-state index contributed by atoms with van der Waals surface area (Å²) in [6.45, 7) is 0. The minimum atomic E-state index is -0.625. The second-order valence-electron chi connectivity index (χ2n) is 29.0. The summed E-state index contributed by atoms with van der Waals surface area (Å²) in [6.07, 6.45) is 0. The molecular formula is C102H52N6O16. The van der Waals surface area contributed by atoms with Crippen LogP contribution in [0.3, 0.4) is 0 Å². The molecule has 0 saturated heterocycles. The van der Waals surface area contributed by atoms with Crippen LogP contribution in [0.25, 0.3) is 0 Å². The zero-order valence-corrected chi connectivity index (χ0v) is 64.2. The highest BCUT2D eigenvalue weighted by Crippen LogP contribution is 2.41. The molecule has 14 aromatic carbocycles. The summed E-state index contributed by atoms with van der Waals surface area (Å²) in [7, 11) is 0. The van der Waals surface area contributed by atoms with E-state index in [0.717, 1.165) is 40.5 Å². The van der Waals surface area contributed by atoms with E-state index in [0.29, 0.717) is 73.8 Å². The van der Waals surface area contributed by atoms with Crippen molar-refractivity contribution in [2.24, 2.45) is 0 Å². The Morgan fingerprint density at radius 1 is 0.145 bits per heavy atom. The number of carbonyl (C=O) groups is 12. The maximum absolute atomic E-state index is 14.0. The van der Waals surface area contributed by atoms with Crippen molar-refractivity contribution < 1.29 is 76.5 Å². The normalized spacial score (nSPS) is 13.9. The van der Waals surface area contributed by atoms with Crippen LogP contribution in [0.5, 0.6) is 46.0 Å². The van der Waals surface area contributed by atoms with Gasteiger partial charge in [-0.15, -0.1) is 0 Å². The number of carbonyl (C=O) groups excluding carboxylic acids is 12. The number of rotatable bonds is 14. The van der Waals surface area contributed by atoms with E-state index in [9.17, 15) is 57.5 Å². The Bertz CT molecular complexity index is 7320. The minimum Gasteiger partial charge on any atom is -0.457 e. The van der Waals surface area contributed by atoms with Gasteiger partial charge in [0.05, 0.1) is 101 Å². The fourth-order valence-corrected chi connectivity index (χ4v) is 15.2. The molecule has 0 aromatic heterocycles. The average molecular weight is 1620 g/mol. The number of nitrogens with zero attached hydrogens (tertiary/aromatic N) is 6. The Kier molecular flexibility index (Phi) is 18.1. The molecule has 0 N–H and O–H groups in total. The molecule has 6 heterocycles. The van der Waals surface area contributed by atoms with Gasteiger partial charge in [-0.25, -0.2) is 29.4 Å². The Hall–Kier alpha value is -18.2.